The molecular weight excluding hydrogens is 483 g/mol. The number of rotatable bonds is 5. The fourth-order valence-electron chi connectivity index (χ4n) is 4.82. The van der Waals surface area contributed by atoms with Crippen molar-refractivity contribution in [3.63, 3.8) is 0 Å². The first kappa shape index (κ1) is 23.9. The number of carbonyl (C=O) groups is 1. The summed E-state index contributed by atoms with van der Waals surface area (Å²) in [7, 11) is 0. The quantitative estimate of drug-likeness (QED) is 0.208. The van der Waals surface area contributed by atoms with Crippen molar-refractivity contribution < 1.29 is 14.1 Å². The zero-order valence-corrected chi connectivity index (χ0v) is 20.4. The fraction of sp³-hybridized carbons (Fsp3) is 0.269. The maximum atomic E-state index is 13.7. The van der Waals surface area contributed by atoms with Gasteiger partial charge in [0.05, 0.1) is 10.5 Å². The van der Waals surface area contributed by atoms with Gasteiger partial charge in [-0.3, -0.25) is 19.7 Å². The van der Waals surface area contributed by atoms with Crippen LogP contribution in [-0.2, 0) is 10.5 Å². The number of Topliss-reactive ketones (excluding diaryl/α,β-unsaturated/α-hetero) is 1. The molecule has 2 aromatic carbocycles. The summed E-state index contributed by atoms with van der Waals surface area (Å²) in [6, 6.07) is 12.0. The molecule has 0 amide bonds. The van der Waals surface area contributed by atoms with Gasteiger partial charge in [-0.15, -0.1) is 0 Å². The van der Waals surface area contributed by atoms with Gasteiger partial charge in [-0.2, -0.15) is 0 Å². The van der Waals surface area contributed by atoms with Crippen molar-refractivity contribution in [1.29, 1.82) is 0 Å². The summed E-state index contributed by atoms with van der Waals surface area (Å²) >= 11 is 1.29. The monoisotopic (exact) mass is 506 g/mol. The van der Waals surface area contributed by atoms with Crippen LogP contribution in [0.3, 0.4) is 0 Å². The third-order valence-electron chi connectivity index (χ3n) is 6.43. The first-order valence-corrected chi connectivity index (χ1v) is 12.4. The molecule has 0 unspecified atom stereocenters. The maximum absolute atomic E-state index is 13.7. The van der Waals surface area contributed by atoms with Gasteiger partial charge in [-0.1, -0.05) is 49.9 Å². The van der Waals surface area contributed by atoms with Gasteiger partial charge < -0.3 is 10.3 Å². The van der Waals surface area contributed by atoms with Crippen molar-refractivity contribution in [2.24, 2.45) is 5.41 Å². The lowest BCUT2D eigenvalue weighted by Gasteiger charge is -2.38. The first-order chi connectivity index (χ1) is 17.1. The van der Waals surface area contributed by atoms with E-state index in [-0.39, 0.29) is 22.4 Å². The zero-order valence-electron chi connectivity index (χ0n) is 19.6. The van der Waals surface area contributed by atoms with Crippen LogP contribution in [-0.4, -0.2) is 20.7 Å². The number of hydrogen-bond acceptors (Lipinski definition) is 7. The van der Waals surface area contributed by atoms with Crippen LogP contribution in [0.5, 0.6) is 0 Å². The van der Waals surface area contributed by atoms with Crippen LogP contribution in [0.2, 0.25) is 0 Å². The number of non-ortho nitro benzene ring substituents is 1. The molecule has 1 aromatic heterocycles. The third kappa shape index (κ3) is 4.56. The number of thioether (sulfide) groups is 1. The smallest absolute Gasteiger partial charge is 0.269 e. The first-order valence-electron chi connectivity index (χ1n) is 11.4. The number of fused-ring (bicyclic) bond motifs is 1. The number of ketones is 1. The van der Waals surface area contributed by atoms with E-state index in [1.54, 1.807) is 24.3 Å². The van der Waals surface area contributed by atoms with E-state index in [0.717, 1.165) is 11.3 Å². The Morgan fingerprint density at radius 3 is 2.47 bits per heavy atom. The number of nitrogens with one attached hydrogen (secondary N) is 2. The highest BCUT2D eigenvalue weighted by molar-refractivity contribution is 7.98. The summed E-state index contributed by atoms with van der Waals surface area (Å²) in [6.45, 7) is 4.05. The summed E-state index contributed by atoms with van der Waals surface area (Å²) in [4.78, 5) is 44.5. The van der Waals surface area contributed by atoms with Crippen molar-refractivity contribution in [2.75, 3.05) is 5.32 Å². The summed E-state index contributed by atoms with van der Waals surface area (Å²) in [5.41, 5.74) is 2.47. The molecule has 2 N–H and O–H groups in total. The van der Waals surface area contributed by atoms with E-state index in [1.165, 1.54) is 36.0 Å². The van der Waals surface area contributed by atoms with Gasteiger partial charge in [0.2, 0.25) is 0 Å². The van der Waals surface area contributed by atoms with E-state index in [0.29, 0.717) is 46.3 Å². The Morgan fingerprint density at radius 1 is 1.11 bits per heavy atom. The van der Waals surface area contributed by atoms with Gasteiger partial charge in [0.15, 0.2) is 10.9 Å². The van der Waals surface area contributed by atoms with Crippen molar-refractivity contribution >= 4 is 29.1 Å². The summed E-state index contributed by atoms with van der Waals surface area (Å²) in [5.74, 6) is -0.262. The van der Waals surface area contributed by atoms with Crippen molar-refractivity contribution in [3.05, 3.63) is 103 Å². The summed E-state index contributed by atoms with van der Waals surface area (Å²) < 4.78 is 13.7. The third-order valence-corrected chi connectivity index (χ3v) is 7.37. The number of carbonyl (C=O) groups excluding carboxylic acids is 1. The normalized spacial score (nSPS) is 18.3. The van der Waals surface area contributed by atoms with Gasteiger partial charge >= 0.3 is 0 Å². The van der Waals surface area contributed by atoms with Gasteiger partial charge in [0.1, 0.15) is 11.6 Å². The highest BCUT2D eigenvalue weighted by Crippen LogP contribution is 2.47. The van der Waals surface area contributed by atoms with E-state index in [2.05, 4.69) is 15.3 Å². The van der Waals surface area contributed by atoms with Gasteiger partial charge in [-0.05, 0) is 35.1 Å². The number of H-pyrrole nitrogens is 1. The molecule has 2 aliphatic rings. The molecule has 1 aliphatic carbocycles. The minimum atomic E-state index is -0.648. The second kappa shape index (κ2) is 9.02. The standard InChI is InChI=1S/C26H23FN4O4S/c1-26(2)11-18-21(19(32)12-26)20(15-5-7-16(27)8-6-15)22-23(28-18)29-25(30-24(22)33)36-13-14-3-9-17(10-4-14)31(34)35/h3-10,20H,11-13H2,1-2H3,(H2,28,29,30,33)/t20-/m0/s1. The molecule has 1 atom stereocenters. The van der Waals surface area contributed by atoms with Crippen LogP contribution in [0.1, 0.15) is 49.3 Å². The summed E-state index contributed by atoms with van der Waals surface area (Å²) in [6.07, 6.45) is 0.972. The lowest BCUT2D eigenvalue weighted by Crippen LogP contribution is -2.37. The van der Waals surface area contributed by atoms with E-state index >= 15 is 0 Å². The number of nitrogens with zero attached hydrogens (tertiary/aromatic N) is 2. The van der Waals surface area contributed by atoms with E-state index in [1.807, 2.05) is 13.8 Å². The lowest BCUT2D eigenvalue weighted by atomic mass is 9.69. The second-order valence-electron chi connectivity index (χ2n) is 9.79. The van der Waals surface area contributed by atoms with Crippen LogP contribution in [0.15, 0.2) is 69.8 Å². The molecule has 8 nitrogen and oxygen atoms in total. The molecule has 0 spiro atoms. The average Bonchev–Trinajstić information content (AvgIpc) is 2.81. The Morgan fingerprint density at radius 2 is 1.81 bits per heavy atom. The van der Waals surface area contributed by atoms with Gasteiger partial charge in [0.25, 0.3) is 11.2 Å². The molecule has 3 aromatic rings. The molecule has 0 fully saturated rings. The van der Waals surface area contributed by atoms with Crippen molar-refractivity contribution in [2.45, 2.75) is 43.5 Å². The number of aromatic amines is 1. The molecule has 0 saturated heterocycles. The predicted molar refractivity (Wildman–Crippen MR) is 134 cm³/mol. The number of nitro benzene ring substituents is 1. The molecule has 0 saturated carbocycles. The largest absolute Gasteiger partial charge is 0.343 e. The summed E-state index contributed by atoms with van der Waals surface area (Å²) in [5, 5.41) is 14.5. The van der Waals surface area contributed by atoms with Gasteiger partial charge in [0, 0.05) is 41.5 Å². The van der Waals surface area contributed by atoms with E-state index in [9.17, 15) is 24.1 Å². The molecular formula is C26H23FN4O4S. The lowest BCUT2D eigenvalue weighted by molar-refractivity contribution is -0.384. The van der Waals surface area contributed by atoms with E-state index < -0.39 is 16.7 Å². The van der Waals surface area contributed by atoms with Crippen molar-refractivity contribution in [3.8, 4) is 0 Å². The number of aromatic nitrogens is 2. The molecule has 1 aliphatic heterocycles. The van der Waals surface area contributed by atoms with Crippen LogP contribution < -0.4 is 10.9 Å². The fourth-order valence-corrected chi connectivity index (χ4v) is 5.63. The predicted octanol–water partition coefficient (Wildman–Crippen LogP) is 5.31. The minimum Gasteiger partial charge on any atom is -0.343 e. The molecule has 0 bridgehead atoms. The maximum Gasteiger partial charge on any atom is 0.269 e. The Labute approximate surface area is 210 Å². The SMILES string of the molecule is CC1(C)CC(=O)C2=C(C1)Nc1nc(SCc3ccc([N+](=O)[O-])cc3)[nH]c(=O)c1[C@H]2c1ccc(F)cc1. The Hall–Kier alpha value is -3.79. The minimum absolute atomic E-state index is 0.00845. The Bertz CT molecular complexity index is 1460. The number of allylic oxidation sites excluding steroid dienone is 2. The number of anilines is 1. The van der Waals surface area contributed by atoms with Crippen molar-refractivity contribution in [1.82, 2.24) is 9.97 Å². The van der Waals surface area contributed by atoms with Gasteiger partial charge in [-0.25, -0.2) is 9.37 Å². The Kier molecular flexibility index (Phi) is 5.99. The van der Waals surface area contributed by atoms with Crippen LogP contribution in [0, 0.1) is 21.3 Å². The molecule has 184 valence electrons. The molecule has 36 heavy (non-hydrogen) atoms. The zero-order chi connectivity index (χ0) is 25.6. The Balaban J connectivity index is 1.52. The number of benzene rings is 2. The van der Waals surface area contributed by atoms with Crippen LogP contribution in [0.25, 0.3) is 0 Å². The second-order valence-corrected chi connectivity index (χ2v) is 10.8. The topological polar surface area (TPSA) is 118 Å². The number of halogens is 1. The molecule has 2 heterocycles. The molecule has 0 radical (unpaired) electrons. The highest BCUT2D eigenvalue weighted by Gasteiger charge is 2.42. The molecule has 10 heteroatoms. The highest BCUT2D eigenvalue weighted by atomic mass is 32.2. The van der Waals surface area contributed by atoms with Crippen LogP contribution in [0.4, 0.5) is 15.9 Å². The van der Waals surface area contributed by atoms with Crippen LogP contribution >= 0.6 is 11.8 Å². The number of nitro groups is 1. The molecule has 5 rings (SSSR count). The average molecular weight is 507 g/mol. The number of hydrogen-bond donors (Lipinski definition) is 2. The van der Waals surface area contributed by atoms with E-state index in [4.69, 9.17) is 0 Å².